The number of aromatic carboxylic acids is 1. The van der Waals surface area contributed by atoms with Gasteiger partial charge in [0, 0.05) is 6.54 Å². The van der Waals surface area contributed by atoms with Gasteiger partial charge in [-0.3, -0.25) is 4.79 Å². The second-order valence-corrected chi connectivity index (χ2v) is 4.38. The van der Waals surface area contributed by atoms with Crippen molar-refractivity contribution in [1.82, 2.24) is 5.32 Å². The number of carboxylic acids is 1. The van der Waals surface area contributed by atoms with E-state index < -0.39 is 17.5 Å². The molecule has 0 saturated carbocycles. The Morgan fingerprint density at radius 2 is 1.83 bits per heavy atom. The first-order valence-corrected chi connectivity index (χ1v) is 5.70. The normalized spacial score (nSPS) is 13.7. The minimum Gasteiger partial charge on any atom is -0.478 e. The molecule has 1 aromatic rings. The van der Waals surface area contributed by atoms with E-state index in [4.69, 9.17) is 5.11 Å². The molecule has 98 valence electrons. The summed E-state index contributed by atoms with van der Waals surface area (Å²) in [7, 11) is 0. The molecule has 0 heterocycles. The lowest BCUT2D eigenvalue weighted by Gasteiger charge is -2.21. The minimum atomic E-state index is -1.15. The van der Waals surface area contributed by atoms with Crippen LogP contribution in [0.2, 0.25) is 0 Å². The Balaban J connectivity index is 2.82. The molecular weight excluding hydrogens is 234 g/mol. The topological polar surface area (TPSA) is 86.6 Å². The SMILES string of the molecule is CCC(C)(O)CNC(=O)c1ccccc1C(=O)O. The summed E-state index contributed by atoms with van der Waals surface area (Å²) in [6, 6.07) is 5.97. The van der Waals surface area contributed by atoms with Gasteiger partial charge in [0.15, 0.2) is 0 Å². The maximum atomic E-state index is 11.8. The molecule has 1 atom stereocenters. The van der Waals surface area contributed by atoms with Crippen molar-refractivity contribution in [2.45, 2.75) is 25.9 Å². The van der Waals surface area contributed by atoms with Crippen molar-refractivity contribution in [3.8, 4) is 0 Å². The molecule has 3 N–H and O–H groups in total. The fourth-order valence-corrected chi connectivity index (χ4v) is 1.36. The van der Waals surface area contributed by atoms with Crippen molar-refractivity contribution < 1.29 is 19.8 Å². The standard InChI is InChI=1S/C13H17NO4/c1-3-13(2,18)8-14-11(15)9-6-4-5-7-10(9)12(16)17/h4-7,18H,3,8H2,1-2H3,(H,14,15)(H,16,17). The molecule has 5 heteroatoms. The average molecular weight is 251 g/mol. The molecule has 1 amide bonds. The van der Waals surface area contributed by atoms with Crippen molar-refractivity contribution >= 4 is 11.9 Å². The van der Waals surface area contributed by atoms with Crippen molar-refractivity contribution in [2.75, 3.05) is 6.54 Å². The number of carboxylic acid groups (broad SMARTS) is 1. The zero-order chi connectivity index (χ0) is 13.8. The first-order valence-electron chi connectivity index (χ1n) is 5.70. The highest BCUT2D eigenvalue weighted by Crippen LogP contribution is 2.10. The summed E-state index contributed by atoms with van der Waals surface area (Å²) in [6.45, 7) is 3.49. The lowest BCUT2D eigenvalue weighted by Crippen LogP contribution is -2.40. The summed E-state index contributed by atoms with van der Waals surface area (Å²) in [5, 5.41) is 21.3. The summed E-state index contributed by atoms with van der Waals surface area (Å²) in [6.07, 6.45) is 0.494. The summed E-state index contributed by atoms with van der Waals surface area (Å²) < 4.78 is 0. The molecule has 0 aliphatic rings. The van der Waals surface area contributed by atoms with Gasteiger partial charge in [-0.15, -0.1) is 0 Å². The van der Waals surface area contributed by atoms with E-state index in [1.54, 1.807) is 26.0 Å². The smallest absolute Gasteiger partial charge is 0.336 e. The molecule has 1 aromatic carbocycles. The van der Waals surface area contributed by atoms with Crippen LogP contribution in [0.25, 0.3) is 0 Å². The molecule has 0 aliphatic carbocycles. The number of hydrogen-bond donors (Lipinski definition) is 3. The van der Waals surface area contributed by atoms with E-state index in [-0.39, 0.29) is 17.7 Å². The first-order chi connectivity index (χ1) is 8.37. The van der Waals surface area contributed by atoms with Crippen LogP contribution in [0.3, 0.4) is 0 Å². The van der Waals surface area contributed by atoms with Crippen LogP contribution in [0.15, 0.2) is 24.3 Å². The summed E-state index contributed by atoms with van der Waals surface area (Å²) in [4.78, 5) is 22.8. The highest BCUT2D eigenvalue weighted by Gasteiger charge is 2.21. The fraction of sp³-hybridized carbons (Fsp3) is 0.385. The van der Waals surface area contributed by atoms with Crippen LogP contribution in [0.5, 0.6) is 0 Å². The van der Waals surface area contributed by atoms with Gasteiger partial charge in [0.05, 0.1) is 16.7 Å². The first kappa shape index (κ1) is 14.2. The van der Waals surface area contributed by atoms with Crippen molar-refractivity contribution in [3.05, 3.63) is 35.4 Å². The quantitative estimate of drug-likeness (QED) is 0.735. The summed E-state index contributed by atoms with van der Waals surface area (Å²) in [5.74, 6) is -1.65. The fourth-order valence-electron chi connectivity index (χ4n) is 1.36. The maximum Gasteiger partial charge on any atom is 0.336 e. The molecule has 18 heavy (non-hydrogen) atoms. The lowest BCUT2D eigenvalue weighted by atomic mass is 10.0. The Labute approximate surface area is 105 Å². The zero-order valence-electron chi connectivity index (χ0n) is 10.4. The van der Waals surface area contributed by atoms with Crippen molar-refractivity contribution in [3.63, 3.8) is 0 Å². The number of amides is 1. The van der Waals surface area contributed by atoms with Gasteiger partial charge in [-0.25, -0.2) is 4.79 Å². The van der Waals surface area contributed by atoms with Gasteiger partial charge in [0.2, 0.25) is 0 Å². The molecule has 0 aliphatic heterocycles. The molecule has 5 nitrogen and oxygen atoms in total. The summed E-state index contributed by atoms with van der Waals surface area (Å²) >= 11 is 0. The van der Waals surface area contributed by atoms with Gasteiger partial charge in [0.1, 0.15) is 0 Å². The Morgan fingerprint density at radius 3 is 2.33 bits per heavy atom. The van der Waals surface area contributed by atoms with Gasteiger partial charge in [0.25, 0.3) is 5.91 Å². The maximum absolute atomic E-state index is 11.8. The van der Waals surface area contributed by atoms with Crippen LogP contribution in [0.1, 0.15) is 41.0 Å². The second-order valence-electron chi connectivity index (χ2n) is 4.38. The van der Waals surface area contributed by atoms with Gasteiger partial charge in [-0.2, -0.15) is 0 Å². The predicted molar refractivity (Wildman–Crippen MR) is 66.6 cm³/mol. The van der Waals surface area contributed by atoms with Crippen LogP contribution >= 0.6 is 0 Å². The number of rotatable bonds is 5. The van der Waals surface area contributed by atoms with E-state index in [1.165, 1.54) is 12.1 Å². The molecule has 0 spiro atoms. The van der Waals surface area contributed by atoms with E-state index in [9.17, 15) is 14.7 Å². The van der Waals surface area contributed by atoms with Crippen LogP contribution in [0.4, 0.5) is 0 Å². The molecule has 0 saturated heterocycles. The lowest BCUT2D eigenvalue weighted by molar-refractivity contribution is 0.0517. The van der Waals surface area contributed by atoms with E-state index >= 15 is 0 Å². The highest BCUT2D eigenvalue weighted by molar-refractivity contribution is 6.04. The largest absolute Gasteiger partial charge is 0.478 e. The van der Waals surface area contributed by atoms with Crippen molar-refractivity contribution in [1.29, 1.82) is 0 Å². The highest BCUT2D eigenvalue weighted by atomic mass is 16.4. The molecule has 0 aromatic heterocycles. The average Bonchev–Trinajstić information content (AvgIpc) is 2.36. The monoisotopic (exact) mass is 251 g/mol. The number of nitrogens with one attached hydrogen (secondary N) is 1. The number of carbonyl (C=O) groups excluding carboxylic acids is 1. The zero-order valence-corrected chi connectivity index (χ0v) is 10.4. The number of aliphatic hydroxyl groups is 1. The molecule has 0 radical (unpaired) electrons. The number of benzene rings is 1. The Morgan fingerprint density at radius 1 is 1.28 bits per heavy atom. The number of hydrogen-bond acceptors (Lipinski definition) is 3. The Hall–Kier alpha value is -1.88. The molecule has 0 bridgehead atoms. The molecular formula is C13H17NO4. The van der Waals surface area contributed by atoms with E-state index in [2.05, 4.69) is 5.32 Å². The van der Waals surface area contributed by atoms with Gasteiger partial charge in [-0.1, -0.05) is 19.1 Å². The van der Waals surface area contributed by atoms with Crippen LogP contribution in [0, 0.1) is 0 Å². The third-order valence-corrected chi connectivity index (χ3v) is 2.79. The predicted octanol–water partition coefficient (Wildman–Crippen LogP) is 1.28. The van der Waals surface area contributed by atoms with Gasteiger partial charge in [-0.05, 0) is 25.5 Å². The van der Waals surface area contributed by atoms with E-state index in [1.807, 2.05) is 0 Å². The van der Waals surface area contributed by atoms with Gasteiger partial charge >= 0.3 is 5.97 Å². The van der Waals surface area contributed by atoms with Crippen molar-refractivity contribution in [2.24, 2.45) is 0 Å². The Bertz CT molecular complexity index is 454. The molecule has 0 fully saturated rings. The third-order valence-electron chi connectivity index (χ3n) is 2.79. The van der Waals surface area contributed by atoms with Gasteiger partial charge < -0.3 is 15.5 Å². The van der Waals surface area contributed by atoms with E-state index in [0.717, 1.165) is 0 Å². The molecule has 1 unspecified atom stereocenters. The van der Waals surface area contributed by atoms with Crippen LogP contribution in [-0.4, -0.2) is 34.2 Å². The number of carbonyl (C=O) groups is 2. The van der Waals surface area contributed by atoms with E-state index in [0.29, 0.717) is 6.42 Å². The minimum absolute atomic E-state index is 0.0499. The Kier molecular flexibility index (Phi) is 4.44. The second kappa shape index (κ2) is 5.64. The van der Waals surface area contributed by atoms with Crippen LogP contribution in [-0.2, 0) is 0 Å². The summed E-state index contributed by atoms with van der Waals surface area (Å²) in [5.41, 5.74) is -0.948. The third kappa shape index (κ3) is 3.56. The van der Waals surface area contributed by atoms with Crippen LogP contribution < -0.4 is 5.32 Å². The molecule has 1 rings (SSSR count).